The molecule has 0 spiro atoms. The van der Waals surface area contributed by atoms with Crippen molar-refractivity contribution in [1.82, 2.24) is 4.90 Å². The Hall–Kier alpha value is -0.390. The molecule has 2 rings (SSSR count). The van der Waals surface area contributed by atoms with E-state index in [0.29, 0.717) is 0 Å². The number of rotatable bonds is 3. The second-order valence-electron chi connectivity index (χ2n) is 3.72. The van der Waals surface area contributed by atoms with E-state index in [1.807, 2.05) is 6.07 Å². The van der Waals surface area contributed by atoms with Gasteiger partial charge in [-0.15, -0.1) is 11.3 Å². The summed E-state index contributed by atoms with van der Waals surface area (Å²) >= 11 is 5.21. The number of likely N-dealkylation sites (tertiary alicyclic amines) is 1. The van der Waals surface area contributed by atoms with Crippen LogP contribution in [0.25, 0.3) is 0 Å². The highest BCUT2D eigenvalue weighted by atomic mass is 79.9. The normalized spacial score (nSPS) is 22.1. The average Bonchev–Trinajstić information content (AvgIpc) is 2.77. The SMILES string of the molecule is NC(=O)C1CCCN1Cc1sccc1Br. The highest BCUT2D eigenvalue weighted by molar-refractivity contribution is 9.10. The molecule has 2 N–H and O–H groups in total. The zero-order valence-electron chi connectivity index (χ0n) is 8.28. The van der Waals surface area contributed by atoms with Crippen molar-refractivity contribution >= 4 is 33.2 Å². The van der Waals surface area contributed by atoms with Crippen LogP contribution in [0.2, 0.25) is 0 Å². The van der Waals surface area contributed by atoms with Gasteiger partial charge >= 0.3 is 0 Å². The molecule has 3 nitrogen and oxygen atoms in total. The van der Waals surface area contributed by atoms with Crippen LogP contribution >= 0.6 is 27.3 Å². The predicted octanol–water partition coefficient (Wildman–Crippen LogP) is 1.96. The van der Waals surface area contributed by atoms with Crippen LogP contribution in [0.5, 0.6) is 0 Å². The molecular weight excluding hydrogens is 276 g/mol. The Balaban J connectivity index is 2.06. The third-order valence-corrected chi connectivity index (χ3v) is 4.64. The maximum Gasteiger partial charge on any atom is 0.234 e. The van der Waals surface area contributed by atoms with Gasteiger partial charge in [-0.3, -0.25) is 9.69 Å². The number of hydrogen-bond donors (Lipinski definition) is 1. The maximum atomic E-state index is 11.2. The molecule has 1 unspecified atom stereocenters. The van der Waals surface area contributed by atoms with E-state index in [9.17, 15) is 4.79 Å². The summed E-state index contributed by atoms with van der Waals surface area (Å²) in [6.07, 6.45) is 1.97. The number of hydrogen-bond acceptors (Lipinski definition) is 3. The predicted molar refractivity (Wildman–Crippen MR) is 64.6 cm³/mol. The smallest absolute Gasteiger partial charge is 0.234 e. The third-order valence-electron chi connectivity index (χ3n) is 2.73. The van der Waals surface area contributed by atoms with Gasteiger partial charge in [0.1, 0.15) is 0 Å². The van der Waals surface area contributed by atoms with E-state index in [2.05, 4.69) is 26.2 Å². The molecule has 1 aromatic rings. The third kappa shape index (κ3) is 2.41. The molecule has 1 aromatic heterocycles. The summed E-state index contributed by atoms with van der Waals surface area (Å²) in [5.74, 6) is -0.194. The van der Waals surface area contributed by atoms with Crippen LogP contribution in [0, 0.1) is 0 Å². The van der Waals surface area contributed by atoms with Crippen molar-refractivity contribution in [2.75, 3.05) is 6.54 Å². The van der Waals surface area contributed by atoms with Crippen molar-refractivity contribution in [2.45, 2.75) is 25.4 Å². The van der Waals surface area contributed by atoms with Gasteiger partial charge < -0.3 is 5.73 Å². The minimum absolute atomic E-state index is 0.0704. The topological polar surface area (TPSA) is 46.3 Å². The molecule has 1 fully saturated rings. The van der Waals surface area contributed by atoms with E-state index in [1.54, 1.807) is 11.3 Å². The first kappa shape index (κ1) is 11.1. The van der Waals surface area contributed by atoms with Crippen molar-refractivity contribution in [2.24, 2.45) is 5.73 Å². The first-order valence-electron chi connectivity index (χ1n) is 4.93. The monoisotopic (exact) mass is 288 g/mol. The van der Waals surface area contributed by atoms with Gasteiger partial charge in [0.25, 0.3) is 0 Å². The number of halogens is 1. The average molecular weight is 289 g/mol. The lowest BCUT2D eigenvalue weighted by molar-refractivity contribution is -0.122. The molecule has 1 saturated heterocycles. The van der Waals surface area contributed by atoms with E-state index < -0.39 is 0 Å². The van der Waals surface area contributed by atoms with Crippen molar-refractivity contribution in [3.63, 3.8) is 0 Å². The molecule has 1 atom stereocenters. The summed E-state index contributed by atoms with van der Waals surface area (Å²) < 4.78 is 1.13. The quantitative estimate of drug-likeness (QED) is 0.924. The van der Waals surface area contributed by atoms with Gasteiger partial charge in [0.15, 0.2) is 0 Å². The Morgan fingerprint density at radius 1 is 1.73 bits per heavy atom. The highest BCUT2D eigenvalue weighted by Crippen LogP contribution is 2.27. The summed E-state index contributed by atoms with van der Waals surface area (Å²) in [7, 11) is 0. The highest BCUT2D eigenvalue weighted by Gasteiger charge is 2.29. The van der Waals surface area contributed by atoms with Gasteiger partial charge in [0.05, 0.1) is 6.04 Å². The molecule has 0 bridgehead atoms. The number of nitrogens with zero attached hydrogens (tertiary/aromatic N) is 1. The second kappa shape index (κ2) is 4.63. The van der Waals surface area contributed by atoms with Gasteiger partial charge in [-0.05, 0) is 46.8 Å². The summed E-state index contributed by atoms with van der Waals surface area (Å²) in [4.78, 5) is 14.6. The Morgan fingerprint density at radius 2 is 2.53 bits per heavy atom. The van der Waals surface area contributed by atoms with Gasteiger partial charge in [0, 0.05) is 15.9 Å². The molecule has 0 aromatic carbocycles. The van der Waals surface area contributed by atoms with Gasteiger partial charge in [-0.2, -0.15) is 0 Å². The molecule has 2 heterocycles. The Labute approximate surface area is 101 Å². The first-order valence-corrected chi connectivity index (χ1v) is 6.61. The van der Waals surface area contributed by atoms with Crippen LogP contribution in [0.15, 0.2) is 15.9 Å². The first-order chi connectivity index (χ1) is 7.18. The molecule has 0 aliphatic carbocycles. The zero-order chi connectivity index (χ0) is 10.8. The fourth-order valence-corrected chi connectivity index (χ4v) is 3.46. The maximum absolute atomic E-state index is 11.2. The molecule has 1 aliphatic rings. The minimum atomic E-state index is -0.194. The number of nitrogens with two attached hydrogens (primary N) is 1. The van der Waals surface area contributed by atoms with Crippen molar-refractivity contribution in [3.05, 3.63) is 20.8 Å². The van der Waals surface area contributed by atoms with Crippen molar-refractivity contribution < 1.29 is 4.79 Å². The van der Waals surface area contributed by atoms with Crippen LogP contribution in [0.3, 0.4) is 0 Å². The van der Waals surface area contributed by atoms with Gasteiger partial charge in [-0.25, -0.2) is 0 Å². The van der Waals surface area contributed by atoms with E-state index in [4.69, 9.17) is 5.73 Å². The van der Waals surface area contributed by atoms with Gasteiger partial charge in [-0.1, -0.05) is 0 Å². The van der Waals surface area contributed by atoms with Crippen LogP contribution in [0.4, 0.5) is 0 Å². The molecule has 5 heteroatoms. The van der Waals surface area contributed by atoms with Crippen LogP contribution in [-0.2, 0) is 11.3 Å². The lowest BCUT2D eigenvalue weighted by Gasteiger charge is -2.21. The molecule has 82 valence electrons. The Kier molecular flexibility index (Phi) is 3.43. The number of carbonyl (C=O) groups excluding carboxylic acids is 1. The number of primary amides is 1. The van der Waals surface area contributed by atoms with E-state index >= 15 is 0 Å². The summed E-state index contributed by atoms with van der Waals surface area (Å²) in [6.45, 7) is 1.80. The molecule has 15 heavy (non-hydrogen) atoms. The number of carbonyl (C=O) groups is 1. The summed E-state index contributed by atoms with van der Waals surface area (Å²) in [5, 5.41) is 2.05. The molecule has 0 saturated carbocycles. The molecule has 0 radical (unpaired) electrons. The largest absolute Gasteiger partial charge is 0.368 e. The molecule has 1 aliphatic heterocycles. The van der Waals surface area contributed by atoms with Crippen LogP contribution < -0.4 is 5.73 Å². The molecular formula is C10H13BrN2OS. The fourth-order valence-electron chi connectivity index (χ4n) is 1.96. The summed E-state index contributed by atoms with van der Waals surface area (Å²) in [5.41, 5.74) is 5.37. The Morgan fingerprint density at radius 3 is 3.13 bits per heavy atom. The van der Waals surface area contributed by atoms with E-state index in [0.717, 1.165) is 30.4 Å². The van der Waals surface area contributed by atoms with Crippen molar-refractivity contribution in [1.29, 1.82) is 0 Å². The second-order valence-corrected chi connectivity index (χ2v) is 5.58. The van der Waals surface area contributed by atoms with E-state index in [-0.39, 0.29) is 11.9 Å². The minimum Gasteiger partial charge on any atom is -0.368 e. The number of thiophene rings is 1. The lowest BCUT2D eigenvalue weighted by Crippen LogP contribution is -2.39. The van der Waals surface area contributed by atoms with E-state index in [1.165, 1.54) is 4.88 Å². The van der Waals surface area contributed by atoms with Gasteiger partial charge in [0.2, 0.25) is 5.91 Å². The van der Waals surface area contributed by atoms with Crippen LogP contribution in [-0.4, -0.2) is 23.4 Å². The number of amides is 1. The van der Waals surface area contributed by atoms with Crippen molar-refractivity contribution in [3.8, 4) is 0 Å². The lowest BCUT2D eigenvalue weighted by atomic mass is 10.2. The zero-order valence-corrected chi connectivity index (χ0v) is 10.7. The molecule has 1 amide bonds. The fraction of sp³-hybridized carbons (Fsp3) is 0.500. The van der Waals surface area contributed by atoms with Crippen LogP contribution in [0.1, 0.15) is 17.7 Å². The summed E-state index contributed by atoms with van der Waals surface area (Å²) in [6, 6.07) is 1.97. The Bertz CT molecular complexity index is 366. The standard InChI is InChI=1S/C10H13BrN2OS/c11-7-3-5-15-9(7)6-13-4-1-2-8(13)10(12)14/h3,5,8H,1-2,4,6H2,(H2,12,14).